The van der Waals surface area contributed by atoms with E-state index >= 15 is 0 Å². The van der Waals surface area contributed by atoms with E-state index in [4.69, 9.17) is 5.11 Å². The number of thioether (sulfide) groups is 1. The lowest BCUT2D eigenvalue weighted by atomic mass is 10.1. The number of halogens is 3. The fourth-order valence-corrected chi connectivity index (χ4v) is 5.58. The second-order valence-corrected chi connectivity index (χ2v) is 9.11. The van der Waals surface area contributed by atoms with Gasteiger partial charge in [0.25, 0.3) is 10.1 Å². The van der Waals surface area contributed by atoms with Crippen LogP contribution in [-0.4, -0.2) is 28.8 Å². The van der Waals surface area contributed by atoms with Crippen molar-refractivity contribution in [1.82, 2.24) is 0 Å². The summed E-state index contributed by atoms with van der Waals surface area (Å²) in [7, 11) is -4.79. The Balaban J connectivity index is 2.10. The standard InChI is InChI=1S/C18H14F3NO5S2/c1-10-15(11-6-8-12(9-7-11)16(23)24)28-17(29(25,26)27)22(10)14-5-3-2-4-13(14)18(19,20)21/h2-9,15,17H,1H2,(H,23,24)(H,25,26,27). The fourth-order valence-electron chi connectivity index (χ4n) is 2.98. The highest BCUT2D eigenvalue weighted by molar-refractivity contribution is 8.12. The van der Waals surface area contributed by atoms with Gasteiger partial charge in [-0.2, -0.15) is 21.6 Å². The number of aromatic carboxylic acids is 1. The molecule has 0 saturated carbocycles. The number of rotatable bonds is 4. The maximum atomic E-state index is 13.5. The number of alkyl halides is 3. The first-order valence-corrected chi connectivity index (χ1v) is 10.4. The lowest BCUT2D eigenvalue weighted by molar-refractivity contribution is -0.137. The number of benzene rings is 2. The third-order valence-electron chi connectivity index (χ3n) is 4.26. The van der Waals surface area contributed by atoms with E-state index in [1.807, 2.05) is 0 Å². The van der Waals surface area contributed by atoms with Gasteiger partial charge in [-0.1, -0.05) is 30.8 Å². The van der Waals surface area contributed by atoms with E-state index in [1.165, 1.54) is 36.4 Å². The van der Waals surface area contributed by atoms with E-state index < -0.39 is 43.5 Å². The molecule has 0 aliphatic carbocycles. The van der Waals surface area contributed by atoms with Crippen molar-refractivity contribution >= 4 is 33.5 Å². The third kappa shape index (κ3) is 4.11. The zero-order valence-corrected chi connectivity index (χ0v) is 16.1. The summed E-state index contributed by atoms with van der Waals surface area (Å²) >= 11 is 0.689. The lowest BCUT2D eigenvalue weighted by Crippen LogP contribution is -2.34. The Labute approximate surface area is 168 Å². The minimum absolute atomic E-state index is 0.00652. The van der Waals surface area contributed by atoms with Gasteiger partial charge in [-0.25, -0.2) is 4.79 Å². The first-order chi connectivity index (χ1) is 13.4. The number of hydrogen-bond acceptors (Lipinski definition) is 5. The Bertz CT molecular complexity index is 1070. The van der Waals surface area contributed by atoms with Crippen molar-refractivity contribution in [2.75, 3.05) is 4.90 Å². The normalized spacial score (nSPS) is 20.1. The van der Waals surface area contributed by atoms with E-state index in [0.717, 1.165) is 17.0 Å². The van der Waals surface area contributed by atoms with E-state index in [9.17, 15) is 30.9 Å². The monoisotopic (exact) mass is 445 g/mol. The van der Waals surface area contributed by atoms with Crippen molar-refractivity contribution in [1.29, 1.82) is 0 Å². The van der Waals surface area contributed by atoms with Gasteiger partial charge < -0.3 is 10.0 Å². The van der Waals surface area contributed by atoms with Gasteiger partial charge >= 0.3 is 12.1 Å². The molecule has 2 unspecified atom stereocenters. The Morgan fingerprint density at radius 3 is 2.21 bits per heavy atom. The van der Waals surface area contributed by atoms with Gasteiger partial charge in [-0.15, -0.1) is 11.8 Å². The highest BCUT2D eigenvalue weighted by Crippen LogP contribution is 2.53. The Hall–Kier alpha value is -2.50. The van der Waals surface area contributed by atoms with Gasteiger partial charge in [0.05, 0.1) is 22.1 Å². The maximum absolute atomic E-state index is 13.5. The first kappa shape index (κ1) is 21.2. The van der Waals surface area contributed by atoms with Crippen LogP contribution >= 0.6 is 11.8 Å². The molecule has 11 heteroatoms. The minimum Gasteiger partial charge on any atom is -0.478 e. The van der Waals surface area contributed by atoms with Crippen LogP contribution in [0.2, 0.25) is 0 Å². The average molecular weight is 445 g/mol. The van der Waals surface area contributed by atoms with Crippen LogP contribution in [0.25, 0.3) is 0 Å². The second kappa shape index (κ2) is 7.39. The number of anilines is 1. The number of carbonyl (C=O) groups is 1. The Morgan fingerprint density at radius 2 is 1.69 bits per heavy atom. The molecule has 1 heterocycles. The topological polar surface area (TPSA) is 94.9 Å². The van der Waals surface area contributed by atoms with Crippen molar-refractivity contribution in [3.63, 3.8) is 0 Å². The van der Waals surface area contributed by atoms with Crippen LogP contribution in [0, 0.1) is 0 Å². The molecule has 2 N–H and O–H groups in total. The molecule has 3 rings (SSSR count). The van der Waals surface area contributed by atoms with Crippen LogP contribution in [0.1, 0.15) is 26.7 Å². The third-order valence-corrected chi connectivity index (χ3v) is 7.30. The van der Waals surface area contributed by atoms with Crippen molar-refractivity contribution in [3.05, 3.63) is 77.5 Å². The number of para-hydroxylation sites is 1. The van der Waals surface area contributed by atoms with Crippen LogP contribution in [-0.2, 0) is 16.3 Å². The smallest absolute Gasteiger partial charge is 0.418 e. The number of carboxylic acid groups (broad SMARTS) is 1. The van der Waals surface area contributed by atoms with Crippen LogP contribution in [0.15, 0.2) is 60.8 Å². The quantitative estimate of drug-likeness (QED) is 0.675. The summed E-state index contributed by atoms with van der Waals surface area (Å²) in [5.74, 6) is -1.16. The molecular formula is C18H14F3NO5S2. The van der Waals surface area contributed by atoms with Crippen molar-refractivity contribution in [2.45, 2.75) is 16.1 Å². The van der Waals surface area contributed by atoms with Gasteiger partial charge in [0.2, 0.25) is 4.71 Å². The molecule has 0 spiro atoms. The molecule has 154 valence electrons. The maximum Gasteiger partial charge on any atom is 0.418 e. The van der Waals surface area contributed by atoms with Crippen LogP contribution < -0.4 is 4.90 Å². The number of carboxylic acids is 1. The summed E-state index contributed by atoms with van der Waals surface area (Å²) in [5, 5.41) is 8.18. The lowest BCUT2D eigenvalue weighted by Gasteiger charge is -2.27. The fraction of sp³-hybridized carbons (Fsp3) is 0.167. The number of hydrogen-bond donors (Lipinski definition) is 2. The summed E-state index contributed by atoms with van der Waals surface area (Å²) < 4.78 is 72.2. The Morgan fingerprint density at radius 1 is 1.10 bits per heavy atom. The van der Waals surface area contributed by atoms with E-state index in [-0.39, 0.29) is 11.3 Å². The Kier molecular flexibility index (Phi) is 5.41. The summed E-state index contributed by atoms with van der Waals surface area (Å²) in [5.41, 5.74) is -1.09. The van der Waals surface area contributed by atoms with Crippen molar-refractivity contribution in [2.24, 2.45) is 0 Å². The summed E-state index contributed by atoms with van der Waals surface area (Å²) in [4.78, 5) is 11.8. The first-order valence-electron chi connectivity index (χ1n) is 8.00. The molecule has 0 bridgehead atoms. The zero-order valence-electron chi connectivity index (χ0n) is 14.5. The average Bonchev–Trinajstić information content (AvgIpc) is 2.98. The van der Waals surface area contributed by atoms with Crippen LogP contribution in [0.5, 0.6) is 0 Å². The molecular weight excluding hydrogens is 431 g/mol. The van der Waals surface area contributed by atoms with Crippen molar-refractivity contribution in [3.8, 4) is 0 Å². The van der Waals surface area contributed by atoms with E-state index in [1.54, 1.807) is 0 Å². The highest BCUT2D eigenvalue weighted by atomic mass is 32.3. The molecule has 6 nitrogen and oxygen atoms in total. The minimum atomic E-state index is -4.79. The second-order valence-electron chi connectivity index (χ2n) is 6.14. The van der Waals surface area contributed by atoms with Crippen LogP contribution in [0.4, 0.5) is 18.9 Å². The number of nitrogens with zero attached hydrogens (tertiary/aromatic N) is 1. The molecule has 2 aromatic carbocycles. The molecule has 29 heavy (non-hydrogen) atoms. The summed E-state index contributed by atoms with van der Waals surface area (Å²) in [6.07, 6.45) is -4.76. The molecule has 1 aliphatic rings. The van der Waals surface area contributed by atoms with Gasteiger partial charge in [0, 0.05) is 5.70 Å². The predicted molar refractivity (Wildman–Crippen MR) is 102 cm³/mol. The molecule has 2 atom stereocenters. The highest BCUT2D eigenvalue weighted by Gasteiger charge is 2.47. The zero-order chi connectivity index (χ0) is 21.6. The van der Waals surface area contributed by atoms with Gasteiger partial charge in [-0.05, 0) is 29.8 Å². The molecule has 2 aromatic rings. The molecule has 0 aromatic heterocycles. The molecule has 1 aliphatic heterocycles. The summed E-state index contributed by atoms with van der Waals surface area (Å²) in [6.45, 7) is 3.76. The molecule has 1 fully saturated rings. The van der Waals surface area contributed by atoms with E-state index in [0.29, 0.717) is 17.3 Å². The van der Waals surface area contributed by atoms with Gasteiger partial charge in [-0.3, -0.25) is 4.55 Å². The molecule has 0 amide bonds. The molecule has 0 radical (unpaired) electrons. The van der Waals surface area contributed by atoms with Gasteiger partial charge in [0.15, 0.2) is 0 Å². The van der Waals surface area contributed by atoms with Gasteiger partial charge in [0.1, 0.15) is 0 Å². The largest absolute Gasteiger partial charge is 0.478 e. The summed E-state index contributed by atoms with van der Waals surface area (Å²) in [6, 6.07) is 9.83. The van der Waals surface area contributed by atoms with Crippen LogP contribution in [0.3, 0.4) is 0 Å². The predicted octanol–water partition coefficient (Wildman–Crippen LogP) is 4.38. The molecule has 1 saturated heterocycles. The SMILES string of the molecule is C=C1C(c2ccc(C(=O)O)cc2)SC(S(=O)(=O)O)N1c1ccccc1C(F)(F)F. The van der Waals surface area contributed by atoms with E-state index in [2.05, 4.69) is 6.58 Å². The van der Waals surface area contributed by atoms with Crippen molar-refractivity contribution < 1.29 is 36.0 Å².